The van der Waals surface area contributed by atoms with Crippen LogP contribution >= 0.6 is 11.8 Å². The quantitative estimate of drug-likeness (QED) is 0.866. The predicted octanol–water partition coefficient (Wildman–Crippen LogP) is 3.98. The molecular weight excluding hydrogens is 308 g/mol. The summed E-state index contributed by atoms with van der Waals surface area (Å²) in [5.41, 5.74) is 1.77. The second-order valence-corrected chi connectivity index (χ2v) is 5.85. The van der Waals surface area contributed by atoms with Gasteiger partial charge in [0.1, 0.15) is 5.75 Å². The summed E-state index contributed by atoms with van der Waals surface area (Å²) in [5.74, 6) is 0.688. The van der Waals surface area contributed by atoms with Gasteiger partial charge in [0.15, 0.2) is 5.17 Å². The largest absolute Gasteiger partial charge is 0.494 e. The molecule has 1 fully saturated rings. The number of ether oxygens (including phenoxy) is 1. The number of carbonyl (C=O) groups is 1. The smallest absolute Gasteiger partial charge is 0.264 e. The molecule has 116 valence electrons. The van der Waals surface area contributed by atoms with Crippen LogP contribution in [0.4, 0.5) is 5.69 Å². The average Bonchev–Trinajstić information content (AvgIpc) is 2.90. The number of carbonyl (C=O) groups excluding carboxylic acids is 1. The number of thioether (sulfide) groups is 1. The number of amides is 1. The molecule has 4 nitrogen and oxygen atoms in total. The molecule has 0 unspecified atom stereocenters. The van der Waals surface area contributed by atoms with E-state index in [0.29, 0.717) is 16.7 Å². The van der Waals surface area contributed by atoms with Crippen LogP contribution < -0.4 is 10.1 Å². The van der Waals surface area contributed by atoms with Crippen molar-refractivity contribution < 1.29 is 9.53 Å². The van der Waals surface area contributed by atoms with Crippen LogP contribution in [0.15, 0.2) is 64.5 Å². The highest BCUT2D eigenvalue weighted by atomic mass is 32.2. The summed E-state index contributed by atoms with van der Waals surface area (Å²) in [4.78, 5) is 17.1. The maximum absolute atomic E-state index is 12.0. The SMILES string of the molecule is CCOc1ccc(N=C2NC(=O)/C(=C/c3ccccc3)S2)cc1. The Hall–Kier alpha value is -2.53. The van der Waals surface area contributed by atoms with Crippen molar-refractivity contribution in [2.45, 2.75) is 6.92 Å². The zero-order valence-corrected chi connectivity index (χ0v) is 13.5. The molecule has 0 bridgehead atoms. The summed E-state index contributed by atoms with van der Waals surface area (Å²) in [6.45, 7) is 2.58. The second-order valence-electron chi connectivity index (χ2n) is 4.82. The monoisotopic (exact) mass is 324 g/mol. The number of hydrogen-bond donors (Lipinski definition) is 1. The van der Waals surface area contributed by atoms with E-state index < -0.39 is 0 Å². The molecule has 1 aliphatic heterocycles. The molecule has 0 saturated carbocycles. The maximum atomic E-state index is 12.0. The Morgan fingerprint density at radius 3 is 2.57 bits per heavy atom. The minimum Gasteiger partial charge on any atom is -0.494 e. The van der Waals surface area contributed by atoms with Crippen molar-refractivity contribution in [2.75, 3.05) is 6.61 Å². The number of nitrogens with one attached hydrogen (secondary N) is 1. The molecular formula is C18H16N2O2S. The number of amidine groups is 1. The third-order valence-corrected chi connectivity index (χ3v) is 4.04. The van der Waals surface area contributed by atoms with E-state index in [1.54, 1.807) is 0 Å². The van der Waals surface area contributed by atoms with Crippen molar-refractivity contribution in [1.82, 2.24) is 5.32 Å². The van der Waals surface area contributed by atoms with Gasteiger partial charge in [0.25, 0.3) is 5.91 Å². The van der Waals surface area contributed by atoms with Crippen LogP contribution in [-0.2, 0) is 4.79 Å². The number of rotatable bonds is 4. The van der Waals surface area contributed by atoms with Gasteiger partial charge >= 0.3 is 0 Å². The Bertz CT molecular complexity index is 752. The van der Waals surface area contributed by atoms with Crippen molar-refractivity contribution in [3.63, 3.8) is 0 Å². The van der Waals surface area contributed by atoms with Gasteiger partial charge in [-0.15, -0.1) is 0 Å². The summed E-state index contributed by atoms with van der Waals surface area (Å²) in [7, 11) is 0. The van der Waals surface area contributed by atoms with Crippen LogP contribution in [0, 0.1) is 0 Å². The fourth-order valence-electron chi connectivity index (χ4n) is 2.08. The van der Waals surface area contributed by atoms with Crippen LogP contribution in [-0.4, -0.2) is 17.7 Å². The van der Waals surface area contributed by atoms with E-state index in [9.17, 15) is 4.79 Å². The molecule has 2 aromatic carbocycles. The molecule has 1 amide bonds. The Balaban J connectivity index is 1.75. The van der Waals surface area contributed by atoms with E-state index in [4.69, 9.17) is 4.74 Å². The second kappa shape index (κ2) is 7.15. The summed E-state index contributed by atoms with van der Waals surface area (Å²) < 4.78 is 5.40. The van der Waals surface area contributed by atoms with Crippen LogP contribution in [0.3, 0.4) is 0 Å². The zero-order valence-electron chi connectivity index (χ0n) is 12.7. The van der Waals surface area contributed by atoms with Gasteiger partial charge in [-0.25, -0.2) is 4.99 Å². The molecule has 23 heavy (non-hydrogen) atoms. The molecule has 5 heteroatoms. The highest BCUT2D eigenvalue weighted by molar-refractivity contribution is 8.18. The lowest BCUT2D eigenvalue weighted by atomic mass is 10.2. The molecule has 3 rings (SSSR count). The van der Waals surface area contributed by atoms with Crippen molar-refractivity contribution in [3.8, 4) is 5.75 Å². The fraction of sp³-hybridized carbons (Fsp3) is 0.111. The van der Waals surface area contributed by atoms with E-state index in [1.807, 2.05) is 67.6 Å². The van der Waals surface area contributed by atoms with Crippen molar-refractivity contribution in [2.24, 2.45) is 4.99 Å². The van der Waals surface area contributed by atoms with E-state index >= 15 is 0 Å². The van der Waals surface area contributed by atoms with Gasteiger partial charge in [-0.05, 0) is 54.6 Å². The summed E-state index contributed by atoms with van der Waals surface area (Å²) in [6.07, 6.45) is 1.86. The Morgan fingerprint density at radius 1 is 1.13 bits per heavy atom. The van der Waals surface area contributed by atoms with E-state index in [2.05, 4.69) is 10.3 Å². The summed E-state index contributed by atoms with van der Waals surface area (Å²) >= 11 is 1.34. The number of hydrogen-bond acceptors (Lipinski definition) is 4. The highest BCUT2D eigenvalue weighted by Gasteiger charge is 2.23. The molecule has 2 aromatic rings. The molecule has 1 saturated heterocycles. The van der Waals surface area contributed by atoms with E-state index in [0.717, 1.165) is 17.0 Å². The first-order valence-corrected chi connectivity index (χ1v) is 8.14. The first-order valence-electron chi connectivity index (χ1n) is 7.32. The topological polar surface area (TPSA) is 50.7 Å². The molecule has 1 N–H and O–H groups in total. The Labute approximate surface area is 139 Å². The van der Waals surface area contributed by atoms with E-state index in [-0.39, 0.29) is 5.91 Å². The molecule has 0 spiro atoms. The van der Waals surface area contributed by atoms with Crippen LogP contribution in [0.1, 0.15) is 12.5 Å². The molecule has 0 aromatic heterocycles. The fourth-order valence-corrected chi connectivity index (χ4v) is 2.92. The van der Waals surface area contributed by atoms with Gasteiger partial charge in [-0.1, -0.05) is 30.3 Å². The van der Waals surface area contributed by atoms with Gasteiger partial charge in [-0.3, -0.25) is 4.79 Å². The molecule has 1 heterocycles. The Morgan fingerprint density at radius 2 is 1.87 bits per heavy atom. The van der Waals surface area contributed by atoms with Gasteiger partial charge < -0.3 is 10.1 Å². The minimum atomic E-state index is -0.122. The van der Waals surface area contributed by atoms with Gasteiger partial charge in [0, 0.05) is 0 Å². The Kier molecular flexibility index (Phi) is 4.78. The molecule has 0 radical (unpaired) electrons. The lowest BCUT2D eigenvalue weighted by molar-refractivity contribution is -0.115. The molecule has 0 atom stereocenters. The van der Waals surface area contributed by atoms with Crippen molar-refractivity contribution in [1.29, 1.82) is 0 Å². The third kappa shape index (κ3) is 4.02. The van der Waals surface area contributed by atoms with Crippen LogP contribution in [0.5, 0.6) is 5.75 Å². The highest BCUT2D eigenvalue weighted by Crippen LogP contribution is 2.28. The van der Waals surface area contributed by atoms with E-state index in [1.165, 1.54) is 11.8 Å². The number of benzene rings is 2. The molecule has 0 aliphatic carbocycles. The first kappa shape index (κ1) is 15.4. The van der Waals surface area contributed by atoms with Gasteiger partial charge in [0.2, 0.25) is 0 Å². The lowest BCUT2D eigenvalue weighted by Crippen LogP contribution is -2.19. The van der Waals surface area contributed by atoms with Gasteiger partial charge in [0.05, 0.1) is 17.2 Å². The van der Waals surface area contributed by atoms with Crippen LogP contribution in [0.25, 0.3) is 6.08 Å². The van der Waals surface area contributed by atoms with Crippen molar-refractivity contribution in [3.05, 3.63) is 65.1 Å². The summed E-state index contributed by atoms with van der Waals surface area (Å²) in [5, 5.41) is 3.37. The van der Waals surface area contributed by atoms with Crippen molar-refractivity contribution >= 4 is 34.6 Å². The maximum Gasteiger partial charge on any atom is 0.264 e. The van der Waals surface area contributed by atoms with Gasteiger partial charge in [-0.2, -0.15) is 0 Å². The standard InChI is InChI=1S/C18H16N2O2S/c1-2-22-15-10-8-14(9-11-15)19-18-20-17(21)16(23-18)12-13-6-4-3-5-7-13/h3-12H,2H2,1H3,(H,19,20,21)/b16-12-. The normalized spacial score (nSPS) is 17.5. The van der Waals surface area contributed by atoms with Crippen LogP contribution in [0.2, 0.25) is 0 Å². The lowest BCUT2D eigenvalue weighted by Gasteiger charge is -2.02. The number of nitrogens with zero attached hydrogens (tertiary/aromatic N) is 1. The minimum absolute atomic E-state index is 0.122. The first-order chi connectivity index (χ1) is 11.2. The molecule has 1 aliphatic rings. The number of aliphatic imine (C=N–C) groups is 1. The summed E-state index contributed by atoms with van der Waals surface area (Å²) in [6, 6.07) is 17.2. The predicted molar refractivity (Wildman–Crippen MR) is 94.9 cm³/mol. The third-order valence-electron chi connectivity index (χ3n) is 3.13. The average molecular weight is 324 g/mol. The zero-order chi connectivity index (χ0) is 16.1.